The lowest BCUT2D eigenvalue weighted by Gasteiger charge is -2.41. The molecule has 4 rings (SSSR count). The van der Waals surface area contributed by atoms with Crippen molar-refractivity contribution in [2.45, 2.75) is 51.5 Å². The minimum absolute atomic E-state index is 0.00232. The molecular weight excluding hydrogens is 419 g/mol. The van der Waals surface area contributed by atoms with E-state index in [-0.39, 0.29) is 11.9 Å². The molecule has 2 unspecified atom stereocenters. The Labute approximate surface area is 196 Å². The topological polar surface area (TPSA) is 64.6 Å². The van der Waals surface area contributed by atoms with Crippen LogP contribution < -0.4 is 10.2 Å². The summed E-state index contributed by atoms with van der Waals surface area (Å²) in [6.07, 6.45) is 4.47. The Balaban J connectivity index is 1.34. The number of aromatic nitrogens is 2. The van der Waals surface area contributed by atoms with E-state index in [1.54, 1.807) is 18.5 Å². The number of nitrogens with one attached hydrogen (secondary N) is 1. The molecule has 178 valence electrons. The second-order valence-electron chi connectivity index (χ2n) is 9.26. The standard InChI is InChI=1S/C25H35FN6O/c1-19(2)32-13-9-23(21(26)18-32)30-11-5-12-31(15-14-30)24-8-3-7-22(29-24)25(33)28-17-20-6-4-10-27-16-20/h3-4,6-8,10,16,19,21,23H,5,9,11-15,17-18H2,1-2H3,(H,28,33). The molecule has 0 aromatic carbocycles. The van der Waals surface area contributed by atoms with Gasteiger partial charge in [-0.05, 0) is 50.5 Å². The summed E-state index contributed by atoms with van der Waals surface area (Å²) < 4.78 is 15.0. The van der Waals surface area contributed by atoms with Crippen molar-refractivity contribution in [3.63, 3.8) is 0 Å². The second-order valence-corrected chi connectivity index (χ2v) is 9.26. The Morgan fingerprint density at radius 2 is 2.03 bits per heavy atom. The zero-order valence-electron chi connectivity index (χ0n) is 19.7. The maximum Gasteiger partial charge on any atom is 0.270 e. The van der Waals surface area contributed by atoms with E-state index in [0.29, 0.717) is 24.8 Å². The zero-order chi connectivity index (χ0) is 23.2. The highest BCUT2D eigenvalue weighted by molar-refractivity contribution is 5.92. The molecule has 2 saturated heterocycles. The van der Waals surface area contributed by atoms with Gasteiger partial charge in [0.25, 0.3) is 5.91 Å². The van der Waals surface area contributed by atoms with E-state index in [0.717, 1.165) is 56.9 Å². The number of hydrogen-bond acceptors (Lipinski definition) is 6. The van der Waals surface area contributed by atoms with Crippen LogP contribution in [-0.4, -0.2) is 83.2 Å². The van der Waals surface area contributed by atoms with Crippen molar-refractivity contribution in [2.75, 3.05) is 44.2 Å². The smallest absolute Gasteiger partial charge is 0.270 e. The van der Waals surface area contributed by atoms with Gasteiger partial charge in [0.05, 0.1) is 0 Å². The molecule has 0 radical (unpaired) electrons. The summed E-state index contributed by atoms with van der Waals surface area (Å²) in [5.74, 6) is 0.603. The summed E-state index contributed by atoms with van der Waals surface area (Å²) >= 11 is 0. The third-order valence-corrected chi connectivity index (χ3v) is 6.74. The fourth-order valence-corrected chi connectivity index (χ4v) is 4.80. The molecule has 33 heavy (non-hydrogen) atoms. The van der Waals surface area contributed by atoms with Crippen LogP contribution in [0.4, 0.5) is 10.2 Å². The van der Waals surface area contributed by atoms with E-state index in [4.69, 9.17) is 0 Å². The lowest BCUT2D eigenvalue weighted by molar-refractivity contribution is 0.0254. The summed E-state index contributed by atoms with van der Waals surface area (Å²) in [6, 6.07) is 9.73. The number of alkyl halides is 1. The van der Waals surface area contributed by atoms with Crippen LogP contribution in [0.2, 0.25) is 0 Å². The minimum atomic E-state index is -0.808. The first-order valence-corrected chi connectivity index (χ1v) is 12.0. The summed E-state index contributed by atoms with van der Waals surface area (Å²) in [5, 5.41) is 2.91. The normalized spacial score (nSPS) is 22.8. The van der Waals surface area contributed by atoms with Crippen molar-refractivity contribution in [3.8, 4) is 0 Å². The summed E-state index contributed by atoms with van der Waals surface area (Å²) in [4.78, 5) is 28.1. The number of likely N-dealkylation sites (tertiary alicyclic amines) is 1. The molecule has 0 bridgehead atoms. The zero-order valence-corrected chi connectivity index (χ0v) is 19.7. The Bertz CT molecular complexity index is 911. The van der Waals surface area contributed by atoms with Crippen molar-refractivity contribution in [2.24, 2.45) is 0 Å². The molecule has 7 nitrogen and oxygen atoms in total. The Hall–Kier alpha value is -2.58. The van der Waals surface area contributed by atoms with E-state index in [1.165, 1.54) is 0 Å². The van der Waals surface area contributed by atoms with Crippen molar-refractivity contribution >= 4 is 11.7 Å². The van der Waals surface area contributed by atoms with Gasteiger partial charge in [0.1, 0.15) is 17.7 Å². The number of rotatable bonds is 6. The van der Waals surface area contributed by atoms with Crippen molar-refractivity contribution in [1.29, 1.82) is 0 Å². The molecule has 0 saturated carbocycles. The van der Waals surface area contributed by atoms with E-state index in [2.05, 4.69) is 43.8 Å². The summed E-state index contributed by atoms with van der Waals surface area (Å²) in [5.41, 5.74) is 1.35. The number of carbonyl (C=O) groups is 1. The summed E-state index contributed by atoms with van der Waals surface area (Å²) in [7, 11) is 0. The molecule has 2 aliphatic rings. The van der Waals surface area contributed by atoms with Crippen molar-refractivity contribution in [3.05, 3.63) is 54.0 Å². The first-order valence-electron chi connectivity index (χ1n) is 12.0. The Morgan fingerprint density at radius 3 is 2.79 bits per heavy atom. The van der Waals surface area contributed by atoms with E-state index < -0.39 is 6.17 Å². The third-order valence-electron chi connectivity index (χ3n) is 6.74. The number of hydrogen-bond donors (Lipinski definition) is 1. The first kappa shape index (κ1) is 23.6. The van der Waals surface area contributed by atoms with Crippen LogP contribution >= 0.6 is 0 Å². The molecule has 4 heterocycles. The Morgan fingerprint density at radius 1 is 1.15 bits per heavy atom. The largest absolute Gasteiger partial charge is 0.355 e. The number of halogens is 1. The number of nitrogens with zero attached hydrogens (tertiary/aromatic N) is 5. The van der Waals surface area contributed by atoms with Gasteiger partial charge in [0.2, 0.25) is 0 Å². The number of piperidine rings is 1. The fourth-order valence-electron chi connectivity index (χ4n) is 4.80. The number of pyridine rings is 2. The van der Waals surface area contributed by atoms with Crippen LogP contribution in [0.15, 0.2) is 42.7 Å². The van der Waals surface area contributed by atoms with Crippen LogP contribution in [-0.2, 0) is 6.54 Å². The highest BCUT2D eigenvalue weighted by atomic mass is 19.1. The van der Waals surface area contributed by atoms with Gasteiger partial charge in [-0.1, -0.05) is 12.1 Å². The van der Waals surface area contributed by atoms with Crippen LogP contribution in [0.25, 0.3) is 0 Å². The van der Waals surface area contributed by atoms with Crippen LogP contribution in [0.1, 0.15) is 42.7 Å². The van der Waals surface area contributed by atoms with E-state index in [9.17, 15) is 9.18 Å². The van der Waals surface area contributed by atoms with Crippen LogP contribution in [0, 0.1) is 0 Å². The molecule has 2 fully saturated rings. The van der Waals surface area contributed by atoms with E-state index in [1.807, 2.05) is 24.3 Å². The second kappa shape index (κ2) is 11.0. The molecule has 8 heteroatoms. The SMILES string of the molecule is CC(C)N1CCC(N2CCCN(c3cccc(C(=O)NCc4cccnc4)n3)CC2)C(F)C1. The molecule has 0 spiro atoms. The maximum atomic E-state index is 15.0. The quantitative estimate of drug-likeness (QED) is 0.724. The van der Waals surface area contributed by atoms with Crippen LogP contribution in [0.5, 0.6) is 0 Å². The number of anilines is 1. The van der Waals surface area contributed by atoms with Crippen molar-refractivity contribution in [1.82, 2.24) is 25.1 Å². The predicted octanol–water partition coefficient (Wildman–Crippen LogP) is 2.74. The van der Waals surface area contributed by atoms with Crippen LogP contribution in [0.3, 0.4) is 0 Å². The van der Waals surface area contributed by atoms with Gasteiger partial charge in [-0.25, -0.2) is 9.37 Å². The van der Waals surface area contributed by atoms with Crippen molar-refractivity contribution < 1.29 is 9.18 Å². The fraction of sp³-hybridized carbons (Fsp3) is 0.560. The number of amides is 1. The molecule has 1 N–H and O–H groups in total. The first-order chi connectivity index (χ1) is 16.0. The van der Waals surface area contributed by atoms with Gasteiger partial charge in [0.15, 0.2) is 0 Å². The molecular formula is C25H35FN6O. The lowest BCUT2D eigenvalue weighted by Crippen LogP contribution is -2.54. The number of carbonyl (C=O) groups excluding carboxylic acids is 1. The third kappa shape index (κ3) is 6.06. The van der Waals surface area contributed by atoms with E-state index >= 15 is 0 Å². The summed E-state index contributed by atoms with van der Waals surface area (Å²) in [6.45, 7) is 9.52. The minimum Gasteiger partial charge on any atom is -0.355 e. The van der Waals surface area contributed by atoms with Gasteiger partial charge in [-0.2, -0.15) is 0 Å². The lowest BCUT2D eigenvalue weighted by atomic mass is 10.00. The molecule has 2 aromatic heterocycles. The average molecular weight is 455 g/mol. The highest BCUT2D eigenvalue weighted by Crippen LogP contribution is 2.23. The Kier molecular flexibility index (Phi) is 7.88. The monoisotopic (exact) mass is 454 g/mol. The van der Waals surface area contributed by atoms with Gasteiger partial charge in [-0.15, -0.1) is 0 Å². The molecule has 1 amide bonds. The van der Waals surface area contributed by atoms with Gasteiger partial charge in [0, 0.05) is 70.3 Å². The molecule has 2 atom stereocenters. The maximum absolute atomic E-state index is 15.0. The average Bonchev–Trinajstić information content (AvgIpc) is 3.09. The molecule has 2 aliphatic heterocycles. The van der Waals surface area contributed by atoms with Gasteiger partial charge < -0.3 is 10.2 Å². The highest BCUT2D eigenvalue weighted by Gasteiger charge is 2.34. The molecule has 2 aromatic rings. The predicted molar refractivity (Wildman–Crippen MR) is 128 cm³/mol. The van der Waals surface area contributed by atoms with Gasteiger partial charge in [-0.3, -0.25) is 19.6 Å². The molecule has 0 aliphatic carbocycles. The van der Waals surface area contributed by atoms with Gasteiger partial charge >= 0.3 is 0 Å².